The summed E-state index contributed by atoms with van der Waals surface area (Å²) in [6, 6.07) is 11.3. The second kappa shape index (κ2) is 6.55. The minimum Gasteiger partial charge on any atom is -0.541 e. The van der Waals surface area contributed by atoms with Gasteiger partial charge in [0.2, 0.25) is 0 Å². The van der Waals surface area contributed by atoms with Crippen molar-refractivity contribution >= 4 is 25.0 Å². The van der Waals surface area contributed by atoms with Crippen molar-refractivity contribution in [1.29, 1.82) is 0 Å². The summed E-state index contributed by atoms with van der Waals surface area (Å²) in [6.45, 7) is 10.7. The molecule has 2 aromatic carbocycles. The quantitative estimate of drug-likeness (QED) is 0.578. The van der Waals surface area contributed by atoms with Gasteiger partial charge in [0.15, 0.2) is 0 Å². The lowest BCUT2D eigenvalue weighted by molar-refractivity contribution is 0.571. The molecular formula is C18H21BrFOSi. The largest absolute Gasteiger partial charge is 0.541 e. The molecule has 0 aliphatic carbocycles. The molecule has 0 unspecified atom stereocenters. The fourth-order valence-corrected chi connectivity index (χ4v) is 3.52. The third kappa shape index (κ3) is 3.99. The van der Waals surface area contributed by atoms with Crippen LogP contribution >= 0.6 is 15.9 Å². The molecule has 0 bridgehead atoms. The van der Waals surface area contributed by atoms with Gasteiger partial charge in [0.1, 0.15) is 11.6 Å². The minimum absolute atomic E-state index is 0.101. The van der Waals surface area contributed by atoms with Crippen molar-refractivity contribution in [2.75, 3.05) is 0 Å². The van der Waals surface area contributed by atoms with Crippen LogP contribution in [-0.4, -0.2) is 9.04 Å². The Morgan fingerprint density at radius 2 is 1.64 bits per heavy atom. The molecule has 0 heterocycles. The van der Waals surface area contributed by atoms with E-state index in [0.29, 0.717) is 4.47 Å². The number of rotatable bonds is 3. The van der Waals surface area contributed by atoms with Crippen LogP contribution in [0.3, 0.4) is 0 Å². The molecule has 2 rings (SSSR count). The first-order valence-corrected chi connectivity index (χ1v) is 10.5. The second-order valence-corrected chi connectivity index (χ2v) is 9.48. The highest BCUT2D eigenvalue weighted by Gasteiger charge is 2.17. The lowest BCUT2D eigenvalue weighted by Gasteiger charge is -2.20. The van der Waals surface area contributed by atoms with Gasteiger partial charge in [0.05, 0.1) is 4.47 Å². The molecule has 2 aromatic rings. The van der Waals surface area contributed by atoms with Crippen LogP contribution in [0.25, 0.3) is 11.1 Å². The average molecular weight is 380 g/mol. The lowest BCUT2D eigenvalue weighted by atomic mass is 9.86. The fourth-order valence-electron chi connectivity index (χ4n) is 2.23. The molecule has 0 aliphatic heterocycles. The molecule has 0 N–H and O–H groups in total. The van der Waals surface area contributed by atoms with Gasteiger partial charge in [-0.1, -0.05) is 45.0 Å². The van der Waals surface area contributed by atoms with Crippen LogP contribution in [0.4, 0.5) is 4.39 Å². The monoisotopic (exact) mass is 379 g/mol. The third-order valence-electron chi connectivity index (χ3n) is 3.38. The predicted molar refractivity (Wildman–Crippen MR) is 96.3 cm³/mol. The summed E-state index contributed by atoms with van der Waals surface area (Å²) in [4.78, 5) is 0. The summed E-state index contributed by atoms with van der Waals surface area (Å²) in [5.41, 5.74) is 3.11. The molecule has 0 spiro atoms. The summed E-state index contributed by atoms with van der Waals surface area (Å²) in [7, 11) is -0.934. The van der Waals surface area contributed by atoms with E-state index in [1.807, 2.05) is 12.1 Å². The van der Waals surface area contributed by atoms with Gasteiger partial charge in [0.25, 0.3) is 9.04 Å². The van der Waals surface area contributed by atoms with E-state index >= 15 is 0 Å². The van der Waals surface area contributed by atoms with Crippen LogP contribution in [0.1, 0.15) is 26.3 Å². The normalized spacial score (nSPS) is 11.8. The first-order chi connectivity index (χ1) is 10.2. The van der Waals surface area contributed by atoms with E-state index in [1.54, 1.807) is 0 Å². The van der Waals surface area contributed by atoms with Gasteiger partial charge in [-0.25, -0.2) is 4.39 Å². The van der Waals surface area contributed by atoms with E-state index in [2.05, 4.69) is 61.9 Å². The number of hydrogen-bond donors (Lipinski definition) is 0. The Hall–Kier alpha value is -1.13. The molecule has 0 aromatic heterocycles. The van der Waals surface area contributed by atoms with E-state index < -0.39 is 9.04 Å². The highest BCUT2D eigenvalue weighted by Crippen LogP contribution is 2.38. The van der Waals surface area contributed by atoms with E-state index in [1.165, 1.54) is 17.7 Å². The van der Waals surface area contributed by atoms with E-state index in [4.69, 9.17) is 4.43 Å². The lowest BCUT2D eigenvalue weighted by Crippen LogP contribution is -2.13. The van der Waals surface area contributed by atoms with Crippen molar-refractivity contribution in [3.05, 3.63) is 52.3 Å². The van der Waals surface area contributed by atoms with Crippen LogP contribution in [0.2, 0.25) is 13.1 Å². The maximum absolute atomic E-state index is 13.8. The van der Waals surface area contributed by atoms with Crippen molar-refractivity contribution < 1.29 is 8.82 Å². The number of halogens is 2. The summed E-state index contributed by atoms with van der Waals surface area (Å²) in [5, 5.41) is 0. The molecule has 1 nitrogen and oxygen atoms in total. The SMILES string of the molecule is C[Si](C)Oc1c(Br)cc(F)cc1-c1ccc(C(C)(C)C)cc1. The Kier molecular flexibility index (Phi) is 5.13. The molecule has 0 amide bonds. The molecule has 117 valence electrons. The van der Waals surface area contributed by atoms with Crippen LogP contribution in [0, 0.1) is 5.82 Å². The zero-order valence-corrected chi connectivity index (χ0v) is 16.2. The topological polar surface area (TPSA) is 9.23 Å². The fraction of sp³-hybridized carbons (Fsp3) is 0.333. The smallest absolute Gasteiger partial charge is 0.274 e. The highest BCUT2D eigenvalue weighted by atomic mass is 79.9. The molecule has 0 aliphatic rings. The molecule has 22 heavy (non-hydrogen) atoms. The average Bonchev–Trinajstić information content (AvgIpc) is 2.40. The van der Waals surface area contributed by atoms with Crippen LogP contribution in [-0.2, 0) is 5.41 Å². The third-order valence-corrected chi connectivity index (χ3v) is 4.58. The van der Waals surface area contributed by atoms with Gasteiger partial charge in [-0.05, 0) is 57.7 Å². The predicted octanol–water partition coefficient (Wildman–Crippen LogP) is 6.18. The molecular weight excluding hydrogens is 359 g/mol. The van der Waals surface area contributed by atoms with Crippen LogP contribution in [0.5, 0.6) is 5.75 Å². The molecule has 0 saturated heterocycles. The Bertz CT molecular complexity index is 660. The van der Waals surface area contributed by atoms with Gasteiger partial charge in [-0.15, -0.1) is 0 Å². The minimum atomic E-state index is -0.934. The Labute approximate surface area is 142 Å². The number of hydrogen-bond acceptors (Lipinski definition) is 1. The van der Waals surface area contributed by atoms with Crippen molar-refractivity contribution in [1.82, 2.24) is 0 Å². The standard InChI is InChI=1S/C18H21BrFOSi/c1-18(2,3)13-8-6-12(7-9-13)15-10-14(20)11-16(19)17(15)21-22(4)5/h6-11H,1-5H3. The molecule has 4 heteroatoms. The first kappa shape index (κ1) is 17.2. The van der Waals surface area contributed by atoms with Gasteiger partial charge < -0.3 is 4.43 Å². The Balaban J connectivity index is 2.51. The summed E-state index contributed by atoms with van der Waals surface area (Å²) in [5.74, 6) is 0.457. The Morgan fingerprint density at radius 3 is 2.14 bits per heavy atom. The number of benzene rings is 2. The van der Waals surface area contributed by atoms with Crippen LogP contribution < -0.4 is 4.43 Å². The van der Waals surface area contributed by atoms with E-state index in [-0.39, 0.29) is 11.2 Å². The van der Waals surface area contributed by atoms with Crippen LogP contribution in [0.15, 0.2) is 40.9 Å². The first-order valence-electron chi connectivity index (χ1n) is 7.26. The van der Waals surface area contributed by atoms with Gasteiger partial charge in [0, 0.05) is 5.56 Å². The van der Waals surface area contributed by atoms with Gasteiger partial charge in [-0.2, -0.15) is 0 Å². The molecule has 0 atom stereocenters. The Morgan fingerprint density at radius 1 is 1.05 bits per heavy atom. The zero-order valence-electron chi connectivity index (χ0n) is 13.6. The maximum atomic E-state index is 13.8. The van der Waals surface area contributed by atoms with Crippen molar-refractivity contribution in [3.8, 4) is 16.9 Å². The van der Waals surface area contributed by atoms with Gasteiger partial charge in [-0.3, -0.25) is 0 Å². The van der Waals surface area contributed by atoms with Crippen molar-refractivity contribution in [3.63, 3.8) is 0 Å². The molecule has 0 saturated carbocycles. The second-order valence-electron chi connectivity index (χ2n) is 6.60. The molecule has 1 radical (unpaired) electrons. The van der Waals surface area contributed by atoms with Crippen molar-refractivity contribution in [2.24, 2.45) is 0 Å². The highest BCUT2D eigenvalue weighted by molar-refractivity contribution is 9.10. The van der Waals surface area contributed by atoms with Gasteiger partial charge >= 0.3 is 0 Å². The van der Waals surface area contributed by atoms with E-state index in [0.717, 1.165) is 16.9 Å². The zero-order chi connectivity index (χ0) is 16.5. The van der Waals surface area contributed by atoms with E-state index in [9.17, 15) is 4.39 Å². The summed E-state index contributed by atoms with van der Waals surface area (Å²) < 4.78 is 20.5. The summed E-state index contributed by atoms with van der Waals surface area (Å²) >= 11 is 3.42. The maximum Gasteiger partial charge on any atom is 0.274 e. The van der Waals surface area contributed by atoms with Crippen molar-refractivity contribution in [2.45, 2.75) is 39.3 Å². The summed E-state index contributed by atoms with van der Waals surface area (Å²) in [6.07, 6.45) is 0. The molecule has 0 fully saturated rings.